The Hall–Kier alpha value is -4.57. The minimum atomic E-state index is -1.02. The van der Waals surface area contributed by atoms with Gasteiger partial charge in [-0.1, -0.05) is 17.4 Å². The molecule has 41 heavy (non-hydrogen) atoms. The molecule has 0 bridgehead atoms. The fourth-order valence-electron chi connectivity index (χ4n) is 5.29. The van der Waals surface area contributed by atoms with Crippen LogP contribution in [0.3, 0.4) is 0 Å². The van der Waals surface area contributed by atoms with Gasteiger partial charge in [-0.05, 0) is 80.4 Å². The van der Waals surface area contributed by atoms with E-state index in [1.165, 1.54) is 22.3 Å². The molecule has 210 valence electrons. The summed E-state index contributed by atoms with van der Waals surface area (Å²) in [6.07, 6.45) is 0.670. The van der Waals surface area contributed by atoms with Gasteiger partial charge in [0, 0.05) is 12.0 Å². The summed E-state index contributed by atoms with van der Waals surface area (Å²) in [5.74, 6) is -0.434. The van der Waals surface area contributed by atoms with Gasteiger partial charge in [0.05, 0.1) is 35.0 Å². The Bertz CT molecular complexity index is 1730. The Balaban J connectivity index is 1.53. The molecule has 10 heteroatoms. The minimum Gasteiger partial charge on any atom is -0.507 e. The normalized spacial score (nSPS) is 19.4. The third-order valence-electron chi connectivity index (χ3n) is 7.08. The van der Waals surface area contributed by atoms with E-state index in [-0.39, 0.29) is 28.9 Å². The first-order valence-electron chi connectivity index (χ1n) is 13.4. The average Bonchev–Trinajstić information content (AvgIpc) is 3.62. The molecule has 9 nitrogen and oxygen atoms in total. The maximum Gasteiger partial charge on any atom is 0.301 e. The fraction of sp³-hybridized carbons (Fsp3) is 0.258. The van der Waals surface area contributed by atoms with Gasteiger partial charge in [0.2, 0.25) is 0 Å². The van der Waals surface area contributed by atoms with E-state index in [9.17, 15) is 19.8 Å². The third kappa shape index (κ3) is 4.63. The lowest BCUT2D eigenvalue weighted by Gasteiger charge is -2.23. The number of carbonyl (C=O) groups excluding carboxylic acids is 2. The van der Waals surface area contributed by atoms with Gasteiger partial charge in [-0.15, -0.1) is 0 Å². The molecule has 4 aromatic rings. The first-order valence-corrected chi connectivity index (χ1v) is 14.2. The molecule has 1 saturated heterocycles. The van der Waals surface area contributed by atoms with Crippen LogP contribution in [0.1, 0.15) is 43.5 Å². The van der Waals surface area contributed by atoms with Crippen LogP contribution >= 0.6 is 11.3 Å². The van der Waals surface area contributed by atoms with Gasteiger partial charge in [0.15, 0.2) is 16.6 Å². The second kappa shape index (κ2) is 10.4. The van der Waals surface area contributed by atoms with Crippen LogP contribution in [0.4, 0.5) is 5.13 Å². The molecule has 2 atom stereocenters. The standard InChI is InChI=1S/C31H28N2O7S/c1-4-38-20-8-9-21-25(15-20)41-31(32-21)33-27(17-6-10-22(34)24(14-17)39-5-2)26(29(36)30(33)37)28(35)18-7-11-23-19(13-18)12-16(3)40-23/h6-11,13-16,27,34-35H,4-5,12H2,1-3H3/b28-26+/t16-,27+/m0/s1. The molecule has 0 unspecified atom stereocenters. The lowest BCUT2D eigenvalue weighted by Crippen LogP contribution is -2.29. The molecule has 6 rings (SSSR count). The summed E-state index contributed by atoms with van der Waals surface area (Å²) in [7, 11) is 0. The summed E-state index contributed by atoms with van der Waals surface area (Å²) in [5, 5.41) is 22.2. The number of benzene rings is 3. The SMILES string of the molecule is CCOc1ccc2nc(N3C(=O)C(=O)/C(=C(/O)c4ccc5c(c4)C[C@H](C)O5)[C@H]3c3ccc(O)c(OCC)c3)sc2c1. The topological polar surface area (TPSA) is 118 Å². The molecule has 0 saturated carbocycles. The molecule has 1 fully saturated rings. The average molecular weight is 573 g/mol. The van der Waals surface area contributed by atoms with E-state index < -0.39 is 17.7 Å². The van der Waals surface area contributed by atoms with E-state index in [1.54, 1.807) is 49.4 Å². The molecule has 0 radical (unpaired) electrons. The molecule has 0 spiro atoms. The van der Waals surface area contributed by atoms with Crippen molar-refractivity contribution < 1.29 is 34.0 Å². The van der Waals surface area contributed by atoms with Crippen molar-refractivity contribution in [2.75, 3.05) is 18.1 Å². The van der Waals surface area contributed by atoms with Crippen LogP contribution in [0.15, 0.2) is 60.2 Å². The number of Topliss-reactive ketones (excluding diaryl/α,β-unsaturated/α-hetero) is 1. The molecule has 3 heterocycles. The number of aliphatic hydroxyl groups excluding tert-OH is 1. The summed E-state index contributed by atoms with van der Waals surface area (Å²) in [5.41, 5.74) is 2.34. The van der Waals surface area contributed by atoms with Gasteiger partial charge in [-0.25, -0.2) is 4.98 Å². The summed E-state index contributed by atoms with van der Waals surface area (Å²) < 4.78 is 17.8. The van der Waals surface area contributed by atoms with Crippen molar-refractivity contribution in [2.24, 2.45) is 0 Å². The molecule has 1 amide bonds. The summed E-state index contributed by atoms with van der Waals surface area (Å²) >= 11 is 1.24. The zero-order valence-corrected chi connectivity index (χ0v) is 23.5. The Labute approximate surface area is 240 Å². The Kier molecular flexibility index (Phi) is 6.78. The first-order chi connectivity index (χ1) is 19.8. The van der Waals surface area contributed by atoms with E-state index in [4.69, 9.17) is 14.2 Å². The molecular formula is C31H28N2O7S. The number of rotatable bonds is 7. The van der Waals surface area contributed by atoms with E-state index in [2.05, 4.69) is 4.98 Å². The zero-order valence-electron chi connectivity index (χ0n) is 22.7. The number of amides is 1. The van der Waals surface area contributed by atoms with Crippen molar-refractivity contribution >= 4 is 44.1 Å². The number of phenolic OH excluding ortho intramolecular Hbond substituents is 1. The van der Waals surface area contributed by atoms with Gasteiger partial charge >= 0.3 is 5.91 Å². The highest BCUT2D eigenvalue weighted by Crippen LogP contribution is 2.46. The second-order valence-corrected chi connectivity index (χ2v) is 10.9. The number of hydrogen-bond donors (Lipinski definition) is 2. The predicted octanol–water partition coefficient (Wildman–Crippen LogP) is 5.75. The highest BCUT2D eigenvalue weighted by molar-refractivity contribution is 7.22. The van der Waals surface area contributed by atoms with E-state index in [0.717, 1.165) is 16.0 Å². The molecule has 3 aromatic carbocycles. The van der Waals surface area contributed by atoms with Gasteiger partial charge in [0.25, 0.3) is 5.78 Å². The third-order valence-corrected chi connectivity index (χ3v) is 8.10. The van der Waals surface area contributed by atoms with Gasteiger partial charge in [-0.2, -0.15) is 0 Å². The van der Waals surface area contributed by atoms with Crippen molar-refractivity contribution in [3.8, 4) is 23.0 Å². The highest BCUT2D eigenvalue weighted by atomic mass is 32.1. The van der Waals surface area contributed by atoms with Crippen LogP contribution in [0.25, 0.3) is 16.0 Å². The van der Waals surface area contributed by atoms with Crippen LogP contribution in [0.2, 0.25) is 0 Å². The largest absolute Gasteiger partial charge is 0.507 e. The highest BCUT2D eigenvalue weighted by Gasteiger charge is 2.48. The van der Waals surface area contributed by atoms with Crippen molar-refractivity contribution in [1.29, 1.82) is 0 Å². The number of ketones is 1. The number of ether oxygens (including phenoxy) is 3. The van der Waals surface area contributed by atoms with E-state index >= 15 is 0 Å². The number of phenols is 1. The Morgan fingerprint density at radius 1 is 1.07 bits per heavy atom. The maximum atomic E-state index is 13.7. The smallest absolute Gasteiger partial charge is 0.301 e. The number of fused-ring (bicyclic) bond motifs is 2. The Morgan fingerprint density at radius 3 is 2.66 bits per heavy atom. The summed E-state index contributed by atoms with van der Waals surface area (Å²) in [6.45, 7) is 6.44. The van der Waals surface area contributed by atoms with E-state index in [0.29, 0.717) is 47.2 Å². The lowest BCUT2D eigenvalue weighted by atomic mass is 9.94. The monoisotopic (exact) mass is 572 g/mol. The number of aromatic hydroxyl groups is 1. The van der Waals surface area contributed by atoms with Crippen LogP contribution in [0.5, 0.6) is 23.0 Å². The number of aliphatic hydroxyl groups is 1. The van der Waals surface area contributed by atoms with Gasteiger partial charge in [-0.3, -0.25) is 14.5 Å². The van der Waals surface area contributed by atoms with E-state index in [1.807, 2.05) is 19.9 Å². The minimum absolute atomic E-state index is 0.00392. The molecule has 1 aromatic heterocycles. The molecule has 2 aliphatic rings. The van der Waals surface area contributed by atoms with Crippen LogP contribution in [-0.4, -0.2) is 46.2 Å². The summed E-state index contributed by atoms with van der Waals surface area (Å²) in [6, 6.07) is 14.3. The van der Waals surface area contributed by atoms with Gasteiger partial charge in [0.1, 0.15) is 23.4 Å². The molecular weight excluding hydrogens is 544 g/mol. The van der Waals surface area contributed by atoms with Crippen LogP contribution in [-0.2, 0) is 16.0 Å². The summed E-state index contributed by atoms with van der Waals surface area (Å²) in [4.78, 5) is 33.3. The number of anilines is 1. The molecule has 2 aliphatic heterocycles. The van der Waals surface area contributed by atoms with Crippen molar-refractivity contribution in [1.82, 2.24) is 4.98 Å². The Morgan fingerprint density at radius 2 is 1.88 bits per heavy atom. The first kappa shape index (κ1) is 26.6. The van der Waals surface area contributed by atoms with Crippen molar-refractivity contribution in [3.63, 3.8) is 0 Å². The van der Waals surface area contributed by atoms with Crippen molar-refractivity contribution in [3.05, 3.63) is 76.9 Å². The lowest BCUT2D eigenvalue weighted by molar-refractivity contribution is -0.132. The molecule has 2 N–H and O–H groups in total. The second-order valence-electron chi connectivity index (χ2n) is 9.84. The number of thiazole rings is 1. The van der Waals surface area contributed by atoms with Crippen LogP contribution < -0.4 is 19.1 Å². The predicted molar refractivity (Wildman–Crippen MR) is 155 cm³/mol. The zero-order chi connectivity index (χ0) is 28.8. The maximum absolute atomic E-state index is 13.7. The van der Waals surface area contributed by atoms with Crippen LogP contribution in [0, 0.1) is 0 Å². The van der Waals surface area contributed by atoms with Crippen molar-refractivity contribution in [2.45, 2.75) is 39.3 Å². The number of aromatic nitrogens is 1. The number of nitrogens with zero attached hydrogens (tertiary/aromatic N) is 2. The quantitative estimate of drug-likeness (QED) is 0.163. The number of hydrogen-bond acceptors (Lipinski definition) is 9. The fourth-order valence-corrected chi connectivity index (χ4v) is 6.31. The van der Waals surface area contributed by atoms with Gasteiger partial charge < -0.3 is 24.4 Å². The molecule has 0 aliphatic carbocycles. The number of carbonyl (C=O) groups is 2.